The smallest absolute Gasteiger partial charge is 0.305 e. The third kappa shape index (κ3) is 7.73. The van der Waals surface area contributed by atoms with E-state index in [-0.39, 0.29) is 5.97 Å². The number of hydrogen-bond donors (Lipinski definition) is 0. The van der Waals surface area contributed by atoms with Crippen molar-refractivity contribution in [1.29, 1.82) is 0 Å². The van der Waals surface area contributed by atoms with Crippen molar-refractivity contribution in [3.05, 3.63) is 29.3 Å². The van der Waals surface area contributed by atoms with E-state index in [9.17, 15) is 4.79 Å². The Morgan fingerprint density at radius 2 is 1.79 bits per heavy atom. The van der Waals surface area contributed by atoms with E-state index in [1.165, 1.54) is 0 Å². The summed E-state index contributed by atoms with van der Waals surface area (Å²) in [5.74, 6) is 0.746. The molecule has 1 rings (SSSR count). The molecule has 0 saturated carbocycles. The number of benzene rings is 1. The zero-order chi connectivity index (χ0) is 13.9. The van der Waals surface area contributed by atoms with Crippen molar-refractivity contribution in [2.45, 2.75) is 39.0 Å². The molecule has 19 heavy (non-hydrogen) atoms. The Balaban J connectivity index is 1.96. The predicted molar refractivity (Wildman–Crippen MR) is 76.7 cm³/mol. The van der Waals surface area contributed by atoms with Crippen LogP contribution in [0.3, 0.4) is 0 Å². The van der Waals surface area contributed by atoms with Crippen molar-refractivity contribution in [2.75, 3.05) is 13.2 Å². The van der Waals surface area contributed by atoms with Crippen LogP contribution >= 0.6 is 11.6 Å². The van der Waals surface area contributed by atoms with E-state index < -0.39 is 0 Å². The van der Waals surface area contributed by atoms with E-state index in [1.54, 1.807) is 0 Å². The Kier molecular flexibility index (Phi) is 8.07. The van der Waals surface area contributed by atoms with Crippen LogP contribution < -0.4 is 4.74 Å². The molecule has 0 aliphatic rings. The number of hydrogen-bond acceptors (Lipinski definition) is 3. The largest absolute Gasteiger partial charge is 0.494 e. The molecule has 0 aliphatic heterocycles. The number of carbonyl (C=O) groups is 1. The van der Waals surface area contributed by atoms with Crippen LogP contribution in [0.1, 0.15) is 39.0 Å². The Morgan fingerprint density at radius 3 is 2.47 bits per heavy atom. The van der Waals surface area contributed by atoms with Gasteiger partial charge in [0.1, 0.15) is 5.75 Å². The van der Waals surface area contributed by atoms with E-state index in [0.717, 1.165) is 31.4 Å². The van der Waals surface area contributed by atoms with Crippen LogP contribution in [-0.2, 0) is 9.53 Å². The monoisotopic (exact) mass is 284 g/mol. The number of rotatable bonds is 9. The van der Waals surface area contributed by atoms with E-state index in [2.05, 4.69) is 0 Å². The molecule has 0 saturated heterocycles. The lowest BCUT2D eigenvalue weighted by Crippen LogP contribution is -2.03. The maximum Gasteiger partial charge on any atom is 0.305 e. The van der Waals surface area contributed by atoms with Gasteiger partial charge in [-0.15, -0.1) is 0 Å². The summed E-state index contributed by atoms with van der Waals surface area (Å²) in [6, 6.07) is 7.36. The summed E-state index contributed by atoms with van der Waals surface area (Å²) in [4.78, 5) is 11.1. The van der Waals surface area contributed by atoms with Crippen molar-refractivity contribution >= 4 is 17.6 Å². The summed E-state index contributed by atoms with van der Waals surface area (Å²) < 4.78 is 10.4. The Morgan fingerprint density at radius 1 is 1.11 bits per heavy atom. The number of ether oxygens (including phenoxy) is 2. The third-order valence-electron chi connectivity index (χ3n) is 2.66. The highest BCUT2D eigenvalue weighted by molar-refractivity contribution is 6.30. The molecule has 0 aliphatic carbocycles. The Hall–Kier alpha value is -1.22. The topological polar surface area (TPSA) is 35.5 Å². The average molecular weight is 285 g/mol. The number of halogens is 1. The molecule has 0 heterocycles. The van der Waals surface area contributed by atoms with Crippen molar-refractivity contribution in [2.24, 2.45) is 0 Å². The van der Waals surface area contributed by atoms with Gasteiger partial charge < -0.3 is 9.47 Å². The summed E-state index contributed by atoms with van der Waals surface area (Å²) >= 11 is 5.78. The predicted octanol–water partition coefficient (Wildman–Crippen LogP) is 4.23. The standard InChI is InChI=1S/C15H21ClO3/c1-2-18-15(17)7-5-3-4-6-12-19-14-10-8-13(16)9-11-14/h8-11H,2-7,12H2,1H3. The molecule has 3 nitrogen and oxygen atoms in total. The lowest BCUT2D eigenvalue weighted by Gasteiger charge is -2.06. The normalized spacial score (nSPS) is 10.2. The summed E-state index contributed by atoms with van der Waals surface area (Å²) in [5.41, 5.74) is 0. The molecule has 0 atom stereocenters. The Bertz CT molecular complexity index is 362. The van der Waals surface area contributed by atoms with Crippen LogP contribution in [0.4, 0.5) is 0 Å². The van der Waals surface area contributed by atoms with E-state index in [4.69, 9.17) is 21.1 Å². The average Bonchev–Trinajstić information content (AvgIpc) is 2.40. The van der Waals surface area contributed by atoms with E-state index in [1.807, 2.05) is 31.2 Å². The first-order chi connectivity index (χ1) is 9.22. The first-order valence-corrected chi connectivity index (χ1v) is 7.14. The fourth-order valence-corrected chi connectivity index (χ4v) is 1.80. The lowest BCUT2D eigenvalue weighted by atomic mass is 10.1. The van der Waals surface area contributed by atoms with Crippen LogP contribution in [0.5, 0.6) is 5.75 Å². The third-order valence-corrected chi connectivity index (χ3v) is 2.91. The molecule has 0 bridgehead atoms. The fourth-order valence-electron chi connectivity index (χ4n) is 1.68. The Labute approximate surface area is 119 Å². The second-order valence-corrected chi connectivity index (χ2v) is 4.71. The van der Waals surface area contributed by atoms with E-state index in [0.29, 0.717) is 24.7 Å². The summed E-state index contributed by atoms with van der Waals surface area (Å²) in [7, 11) is 0. The van der Waals surface area contributed by atoms with Crippen LogP contribution in [0.25, 0.3) is 0 Å². The van der Waals surface area contributed by atoms with Gasteiger partial charge in [-0.2, -0.15) is 0 Å². The fraction of sp³-hybridized carbons (Fsp3) is 0.533. The number of unbranched alkanes of at least 4 members (excludes halogenated alkanes) is 3. The molecular formula is C15H21ClO3. The summed E-state index contributed by atoms with van der Waals surface area (Å²) in [6.45, 7) is 2.99. The minimum absolute atomic E-state index is 0.0973. The van der Waals surface area contributed by atoms with Crippen LogP contribution in [0.15, 0.2) is 24.3 Å². The summed E-state index contributed by atoms with van der Waals surface area (Å²) in [5, 5.41) is 0.714. The molecule has 0 radical (unpaired) electrons. The van der Waals surface area contributed by atoms with Gasteiger partial charge in [0.25, 0.3) is 0 Å². The van der Waals surface area contributed by atoms with Crippen LogP contribution in [0.2, 0.25) is 5.02 Å². The van der Waals surface area contributed by atoms with Gasteiger partial charge in [0, 0.05) is 11.4 Å². The van der Waals surface area contributed by atoms with Crippen molar-refractivity contribution in [1.82, 2.24) is 0 Å². The quantitative estimate of drug-likeness (QED) is 0.503. The molecule has 0 fully saturated rings. The number of esters is 1. The summed E-state index contributed by atoms with van der Waals surface area (Å²) in [6.07, 6.45) is 4.49. The second-order valence-electron chi connectivity index (χ2n) is 4.27. The zero-order valence-electron chi connectivity index (χ0n) is 11.4. The molecule has 1 aromatic carbocycles. The molecule has 0 unspecified atom stereocenters. The highest BCUT2D eigenvalue weighted by Gasteiger charge is 2.00. The maximum absolute atomic E-state index is 11.1. The highest BCUT2D eigenvalue weighted by Crippen LogP contribution is 2.16. The zero-order valence-corrected chi connectivity index (χ0v) is 12.1. The van der Waals surface area contributed by atoms with E-state index >= 15 is 0 Å². The second kappa shape index (κ2) is 9.68. The van der Waals surface area contributed by atoms with Gasteiger partial charge in [0.15, 0.2) is 0 Å². The number of carbonyl (C=O) groups excluding carboxylic acids is 1. The van der Waals surface area contributed by atoms with Crippen LogP contribution in [0, 0.1) is 0 Å². The minimum Gasteiger partial charge on any atom is -0.494 e. The van der Waals surface area contributed by atoms with Gasteiger partial charge in [-0.1, -0.05) is 24.4 Å². The van der Waals surface area contributed by atoms with Crippen molar-refractivity contribution < 1.29 is 14.3 Å². The molecule has 1 aromatic rings. The SMILES string of the molecule is CCOC(=O)CCCCCCOc1ccc(Cl)cc1. The minimum atomic E-state index is -0.0973. The molecule has 0 N–H and O–H groups in total. The maximum atomic E-state index is 11.1. The molecule has 0 amide bonds. The van der Waals surface area contributed by atoms with Gasteiger partial charge >= 0.3 is 5.97 Å². The van der Waals surface area contributed by atoms with Crippen molar-refractivity contribution in [3.63, 3.8) is 0 Å². The van der Waals surface area contributed by atoms with Gasteiger partial charge in [0.2, 0.25) is 0 Å². The molecule has 0 aromatic heterocycles. The first kappa shape index (κ1) is 15.8. The lowest BCUT2D eigenvalue weighted by molar-refractivity contribution is -0.143. The van der Waals surface area contributed by atoms with Crippen LogP contribution in [-0.4, -0.2) is 19.2 Å². The molecule has 106 valence electrons. The van der Waals surface area contributed by atoms with Gasteiger partial charge in [-0.25, -0.2) is 0 Å². The van der Waals surface area contributed by atoms with Gasteiger partial charge in [0.05, 0.1) is 13.2 Å². The van der Waals surface area contributed by atoms with Gasteiger partial charge in [-0.05, 0) is 44.0 Å². The molecular weight excluding hydrogens is 264 g/mol. The molecule has 4 heteroatoms. The highest BCUT2D eigenvalue weighted by atomic mass is 35.5. The first-order valence-electron chi connectivity index (χ1n) is 6.76. The van der Waals surface area contributed by atoms with Crippen molar-refractivity contribution in [3.8, 4) is 5.75 Å². The van der Waals surface area contributed by atoms with Gasteiger partial charge in [-0.3, -0.25) is 4.79 Å². The molecule has 0 spiro atoms.